The van der Waals surface area contributed by atoms with E-state index in [9.17, 15) is 9.59 Å². The zero-order valence-corrected chi connectivity index (χ0v) is 14.6. The van der Waals surface area contributed by atoms with Gasteiger partial charge in [0.05, 0.1) is 24.9 Å². The van der Waals surface area contributed by atoms with E-state index >= 15 is 0 Å². The molecule has 0 aliphatic rings. The smallest absolute Gasteiger partial charge is 0.307 e. The number of carbonyl (C=O) groups is 1. The van der Waals surface area contributed by atoms with Gasteiger partial charge in [0.25, 0.3) is 0 Å². The fourth-order valence-corrected chi connectivity index (χ4v) is 3.05. The third-order valence-electron chi connectivity index (χ3n) is 3.29. The van der Waals surface area contributed by atoms with Crippen molar-refractivity contribution in [2.24, 2.45) is 0 Å². The minimum absolute atomic E-state index is 0.0685. The molecule has 0 aliphatic heterocycles. The van der Waals surface area contributed by atoms with Crippen molar-refractivity contribution in [3.63, 3.8) is 0 Å². The van der Waals surface area contributed by atoms with Gasteiger partial charge >= 0.3 is 4.87 Å². The summed E-state index contributed by atoms with van der Waals surface area (Å²) in [5.74, 6) is 0.644. The molecule has 124 valence electrons. The Labute approximate surface area is 142 Å². The zero-order valence-electron chi connectivity index (χ0n) is 13.0. The zero-order chi connectivity index (χ0) is 17.0. The Morgan fingerprint density at radius 1 is 1.30 bits per heavy atom. The summed E-state index contributed by atoms with van der Waals surface area (Å²) in [5, 5.41) is 4.91. The van der Waals surface area contributed by atoms with Crippen molar-refractivity contribution in [1.29, 1.82) is 0 Å². The van der Waals surface area contributed by atoms with E-state index in [-0.39, 0.29) is 17.2 Å². The molecule has 0 atom stereocenters. The normalized spacial score (nSPS) is 10.4. The highest BCUT2D eigenvalue weighted by Gasteiger charge is 2.13. The van der Waals surface area contributed by atoms with Gasteiger partial charge in [-0.05, 0) is 6.92 Å². The lowest BCUT2D eigenvalue weighted by atomic mass is 10.2. The molecular formula is C15H17ClN2O4S. The van der Waals surface area contributed by atoms with Gasteiger partial charge in [0.1, 0.15) is 11.5 Å². The number of aromatic nitrogens is 1. The third kappa shape index (κ3) is 4.05. The molecule has 0 spiro atoms. The Bertz CT molecular complexity index is 769. The number of nitrogens with one attached hydrogen (secondary N) is 1. The van der Waals surface area contributed by atoms with E-state index in [0.717, 1.165) is 17.0 Å². The van der Waals surface area contributed by atoms with Crippen LogP contribution in [0.25, 0.3) is 0 Å². The van der Waals surface area contributed by atoms with E-state index in [1.165, 1.54) is 14.2 Å². The molecule has 0 aliphatic carbocycles. The number of carbonyl (C=O) groups excluding carboxylic acids is 1. The average Bonchev–Trinajstić information content (AvgIpc) is 2.85. The number of methoxy groups -OCH3 is 2. The second-order valence-corrected chi connectivity index (χ2v) is 6.01. The van der Waals surface area contributed by atoms with Crippen molar-refractivity contribution in [2.45, 2.75) is 19.9 Å². The number of amides is 1. The van der Waals surface area contributed by atoms with Crippen LogP contribution in [-0.4, -0.2) is 24.7 Å². The van der Waals surface area contributed by atoms with E-state index in [2.05, 4.69) is 5.32 Å². The van der Waals surface area contributed by atoms with Gasteiger partial charge in [-0.1, -0.05) is 22.9 Å². The summed E-state index contributed by atoms with van der Waals surface area (Å²) < 4.78 is 11.9. The summed E-state index contributed by atoms with van der Waals surface area (Å²) >= 11 is 7.15. The van der Waals surface area contributed by atoms with Gasteiger partial charge in [-0.15, -0.1) is 0 Å². The van der Waals surface area contributed by atoms with Crippen LogP contribution < -0.4 is 19.7 Å². The summed E-state index contributed by atoms with van der Waals surface area (Å²) in [6, 6.07) is 3.17. The predicted molar refractivity (Wildman–Crippen MR) is 91.1 cm³/mol. The fraction of sp³-hybridized carbons (Fsp3) is 0.333. The van der Waals surface area contributed by atoms with Crippen molar-refractivity contribution in [3.05, 3.63) is 37.9 Å². The molecule has 8 heteroatoms. The summed E-state index contributed by atoms with van der Waals surface area (Å²) in [7, 11) is 2.98. The molecule has 0 radical (unpaired) electrons. The van der Waals surface area contributed by atoms with Gasteiger partial charge in [0.2, 0.25) is 5.91 Å². The van der Waals surface area contributed by atoms with Crippen LogP contribution in [0, 0.1) is 6.92 Å². The molecule has 6 nitrogen and oxygen atoms in total. The largest absolute Gasteiger partial charge is 0.495 e. The SMILES string of the molecule is COc1cc(NC(=O)CCn2c(C)csc2=O)c(OC)cc1Cl. The molecule has 0 saturated heterocycles. The number of ether oxygens (including phenoxy) is 2. The first-order chi connectivity index (χ1) is 11.0. The van der Waals surface area contributed by atoms with Gasteiger partial charge in [-0.25, -0.2) is 0 Å². The topological polar surface area (TPSA) is 69.6 Å². The molecule has 2 aromatic rings. The summed E-state index contributed by atoms with van der Waals surface area (Å²) in [5.41, 5.74) is 1.31. The molecule has 0 saturated carbocycles. The maximum Gasteiger partial charge on any atom is 0.307 e. The Balaban J connectivity index is 2.09. The maximum absolute atomic E-state index is 12.1. The van der Waals surface area contributed by atoms with Crippen molar-refractivity contribution < 1.29 is 14.3 Å². The van der Waals surface area contributed by atoms with Crippen LogP contribution in [-0.2, 0) is 11.3 Å². The highest BCUT2D eigenvalue weighted by atomic mass is 35.5. The van der Waals surface area contributed by atoms with Gasteiger partial charge in [-0.2, -0.15) is 0 Å². The van der Waals surface area contributed by atoms with Crippen LogP contribution in [0.1, 0.15) is 12.1 Å². The molecule has 1 N–H and O–H groups in total. The van der Waals surface area contributed by atoms with Crippen LogP contribution >= 0.6 is 22.9 Å². The van der Waals surface area contributed by atoms with Crippen molar-refractivity contribution in [3.8, 4) is 11.5 Å². The quantitative estimate of drug-likeness (QED) is 0.864. The van der Waals surface area contributed by atoms with Crippen molar-refractivity contribution in [2.75, 3.05) is 19.5 Å². The number of thiazole rings is 1. The van der Waals surface area contributed by atoms with E-state index in [0.29, 0.717) is 28.8 Å². The molecule has 2 rings (SSSR count). The molecule has 1 aromatic heterocycles. The lowest BCUT2D eigenvalue weighted by Crippen LogP contribution is -2.20. The van der Waals surface area contributed by atoms with Gasteiger partial charge in [0, 0.05) is 36.2 Å². The Hall–Kier alpha value is -1.99. The van der Waals surface area contributed by atoms with Gasteiger partial charge in [0.15, 0.2) is 0 Å². The van der Waals surface area contributed by atoms with E-state index in [1.807, 2.05) is 6.92 Å². The average molecular weight is 357 g/mol. The van der Waals surface area contributed by atoms with E-state index < -0.39 is 0 Å². The number of nitrogens with zero attached hydrogens (tertiary/aromatic N) is 1. The van der Waals surface area contributed by atoms with E-state index in [4.69, 9.17) is 21.1 Å². The van der Waals surface area contributed by atoms with E-state index in [1.54, 1.807) is 22.1 Å². The summed E-state index contributed by atoms with van der Waals surface area (Å²) in [4.78, 5) is 23.7. The van der Waals surface area contributed by atoms with Crippen molar-refractivity contribution in [1.82, 2.24) is 4.57 Å². The molecule has 1 heterocycles. The molecule has 0 bridgehead atoms. The number of hydrogen-bond acceptors (Lipinski definition) is 5. The van der Waals surface area contributed by atoms with Crippen LogP contribution in [0.5, 0.6) is 11.5 Å². The highest BCUT2D eigenvalue weighted by molar-refractivity contribution is 7.07. The first-order valence-corrected chi connectivity index (χ1v) is 8.08. The van der Waals surface area contributed by atoms with Crippen LogP contribution in [0.15, 0.2) is 22.3 Å². The predicted octanol–water partition coefficient (Wildman–Crippen LogP) is 2.92. The minimum atomic E-state index is -0.231. The Morgan fingerprint density at radius 3 is 2.57 bits per heavy atom. The lowest BCUT2D eigenvalue weighted by Gasteiger charge is -2.13. The van der Waals surface area contributed by atoms with Crippen LogP contribution in [0.3, 0.4) is 0 Å². The monoisotopic (exact) mass is 356 g/mol. The lowest BCUT2D eigenvalue weighted by molar-refractivity contribution is -0.116. The highest BCUT2D eigenvalue weighted by Crippen LogP contribution is 2.35. The first kappa shape index (κ1) is 17.4. The number of rotatable bonds is 6. The molecular weight excluding hydrogens is 340 g/mol. The number of anilines is 1. The Kier molecular flexibility index (Phi) is 5.68. The third-order valence-corrected chi connectivity index (χ3v) is 4.46. The summed E-state index contributed by atoms with van der Waals surface area (Å²) in [6.45, 7) is 2.16. The summed E-state index contributed by atoms with van der Waals surface area (Å²) in [6.07, 6.45) is 0.172. The number of halogens is 1. The minimum Gasteiger partial charge on any atom is -0.495 e. The molecule has 0 unspecified atom stereocenters. The molecule has 1 aromatic carbocycles. The van der Waals surface area contributed by atoms with Crippen molar-refractivity contribution >= 4 is 34.5 Å². The molecule has 1 amide bonds. The number of hydrogen-bond donors (Lipinski definition) is 1. The maximum atomic E-state index is 12.1. The van der Waals surface area contributed by atoms with Gasteiger partial charge < -0.3 is 19.4 Å². The van der Waals surface area contributed by atoms with Crippen LogP contribution in [0.4, 0.5) is 5.69 Å². The molecule has 0 fully saturated rings. The number of aryl methyl sites for hydroxylation is 1. The second-order valence-electron chi connectivity index (χ2n) is 4.78. The standard InChI is InChI=1S/C15H17ClN2O4S/c1-9-8-23-15(20)18(9)5-4-14(19)17-11-7-12(21-2)10(16)6-13(11)22-3/h6-8H,4-5H2,1-3H3,(H,17,19). The fourth-order valence-electron chi connectivity index (χ4n) is 2.06. The van der Waals surface area contributed by atoms with Gasteiger partial charge in [-0.3, -0.25) is 9.59 Å². The Morgan fingerprint density at radius 2 is 2.00 bits per heavy atom. The van der Waals surface area contributed by atoms with Crippen LogP contribution in [0.2, 0.25) is 5.02 Å². The first-order valence-electron chi connectivity index (χ1n) is 6.82. The molecule has 23 heavy (non-hydrogen) atoms. The second kappa shape index (κ2) is 7.52. The number of benzene rings is 1.